The van der Waals surface area contributed by atoms with Crippen LogP contribution in [0.1, 0.15) is 47.5 Å². The number of likely N-dealkylation sites (tertiary alicyclic amines) is 1. The molecule has 0 aliphatic carbocycles. The number of carbonyl (C=O) groups excluding carboxylic acids is 3. The predicted molar refractivity (Wildman–Crippen MR) is 115 cm³/mol. The maximum Gasteiger partial charge on any atom is 0.253 e. The number of hydrogen-bond donors (Lipinski definition) is 3. The molecule has 156 valence electrons. The van der Waals surface area contributed by atoms with Crippen molar-refractivity contribution in [2.75, 3.05) is 24.1 Å². The number of nitrogens with one attached hydrogen (secondary N) is 2. The van der Waals surface area contributed by atoms with Gasteiger partial charge in [-0.25, -0.2) is 0 Å². The van der Waals surface area contributed by atoms with Crippen molar-refractivity contribution >= 4 is 29.1 Å². The van der Waals surface area contributed by atoms with Crippen LogP contribution in [-0.4, -0.2) is 41.8 Å². The van der Waals surface area contributed by atoms with Crippen LogP contribution in [0.3, 0.4) is 0 Å². The van der Waals surface area contributed by atoms with Crippen LogP contribution in [-0.2, 0) is 9.59 Å². The Labute approximate surface area is 175 Å². The molecule has 2 fully saturated rings. The molecule has 30 heavy (non-hydrogen) atoms. The number of anilines is 2. The first-order valence-electron chi connectivity index (χ1n) is 10.3. The highest BCUT2D eigenvalue weighted by Crippen LogP contribution is 2.30. The molecule has 4 rings (SSSR count). The summed E-state index contributed by atoms with van der Waals surface area (Å²) in [4.78, 5) is 37.7. The van der Waals surface area contributed by atoms with E-state index in [1.165, 1.54) is 5.56 Å². The third kappa shape index (κ3) is 4.45. The van der Waals surface area contributed by atoms with Gasteiger partial charge in [0.15, 0.2) is 0 Å². The molecule has 0 aromatic heterocycles. The van der Waals surface area contributed by atoms with Crippen molar-refractivity contribution in [3.8, 4) is 0 Å². The van der Waals surface area contributed by atoms with Gasteiger partial charge >= 0.3 is 0 Å². The lowest BCUT2D eigenvalue weighted by molar-refractivity contribution is -0.133. The molecule has 2 aromatic rings. The number of imide groups is 1. The number of piperidine rings is 2. The average molecular weight is 406 g/mol. The molecule has 4 N–H and O–H groups in total. The molecule has 7 nitrogen and oxygen atoms in total. The molecular weight excluding hydrogens is 380 g/mol. The zero-order chi connectivity index (χ0) is 21.1. The van der Waals surface area contributed by atoms with Gasteiger partial charge in [0.2, 0.25) is 11.8 Å². The normalized spacial score (nSPS) is 20.0. The third-order valence-corrected chi connectivity index (χ3v) is 5.88. The Kier molecular flexibility index (Phi) is 5.70. The fourth-order valence-corrected chi connectivity index (χ4v) is 4.15. The van der Waals surface area contributed by atoms with Crippen LogP contribution < -0.4 is 16.4 Å². The molecule has 3 amide bonds. The number of rotatable bonds is 4. The summed E-state index contributed by atoms with van der Waals surface area (Å²) in [5.74, 6) is -0.0504. The average Bonchev–Trinajstić information content (AvgIpc) is 2.76. The highest BCUT2D eigenvalue weighted by molar-refractivity contribution is 6.01. The molecule has 1 unspecified atom stereocenters. The zero-order valence-electron chi connectivity index (χ0n) is 16.8. The van der Waals surface area contributed by atoms with Crippen molar-refractivity contribution in [1.29, 1.82) is 0 Å². The molecule has 2 aliphatic heterocycles. The van der Waals surface area contributed by atoms with Crippen LogP contribution in [0.4, 0.5) is 11.4 Å². The SMILES string of the molecule is Nc1cccc(C(=O)N2CCC(c3ccc(NC4CCC(=O)NC4=O)cc3)CC2)c1. The molecule has 2 aromatic carbocycles. The number of amides is 3. The second-order valence-corrected chi connectivity index (χ2v) is 7.96. The smallest absolute Gasteiger partial charge is 0.253 e. The van der Waals surface area contributed by atoms with Gasteiger partial charge in [-0.15, -0.1) is 0 Å². The third-order valence-electron chi connectivity index (χ3n) is 5.88. The summed E-state index contributed by atoms with van der Waals surface area (Å²) in [5.41, 5.74) is 9.13. The number of carbonyl (C=O) groups is 3. The summed E-state index contributed by atoms with van der Waals surface area (Å²) in [5, 5.41) is 5.56. The Hall–Kier alpha value is -3.35. The van der Waals surface area contributed by atoms with Gasteiger partial charge in [0.1, 0.15) is 6.04 Å². The van der Waals surface area contributed by atoms with Gasteiger partial charge in [0, 0.05) is 36.4 Å². The number of nitrogens with zero attached hydrogens (tertiary/aromatic N) is 1. The Bertz CT molecular complexity index is 949. The highest BCUT2D eigenvalue weighted by Gasteiger charge is 2.27. The molecule has 0 saturated carbocycles. The fraction of sp³-hybridized carbons (Fsp3) is 0.348. The second-order valence-electron chi connectivity index (χ2n) is 7.96. The molecule has 2 aliphatic rings. The van der Waals surface area contributed by atoms with Crippen molar-refractivity contribution in [3.05, 3.63) is 59.7 Å². The first-order valence-corrected chi connectivity index (χ1v) is 10.3. The maximum atomic E-state index is 12.7. The molecular formula is C23H26N4O3. The van der Waals surface area contributed by atoms with Crippen molar-refractivity contribution in [1.82, 2.24) is 10.2 Å². The van der Waals surface area contributed by atoms with E-state index >= 15 is 0 Å². The molecule has 7 heteroatoms. The van der Waals surface area contributed by atoms with Gasteiger partial charge < -0.3 is 16.0 Å². The van der Waals surface area contributed by atoms with E-state index in [-0.39, 0.29) is 23.8 Å². The number of hydrogen-bond acceptors (Lipinski definition) is 5. The minimum Gasteiger partial charge on any atom is -0.399 e. The molecule has 0 bridgehead atoms. The topological polar surface area (TPSA) is 105 Å². The summed E-state index contributed by atoms with van der Waals surface area (Å²) in [6.45, 7) is 1.43. The van der Waals surface area contributed by atoms with Crippen molar-refractivity contribution in [2.45, 2.75) is 37.6 Å². The molecule has 0 radical (unpaired) electrons. The van der Waals surface area contributed by atoms with Gasteiger partial charge in [-0.2, -0.15) is 0 Å². The quantitative estimate of drug-likeness (QED) is 0.535. The van der Waals surface area contributed by atoms with Crippen LogP contribution in [0.25, 0.3) is 0 Å². The van der Waals surface area contributed by atoms with Crippen molar-refractivity contribution in [3.63, 3.8) is 0 Å². The van der Waals surface area contributed by atoms with E-state index in [0.717, 1.165) is 18.5 Å². The first kappa shape index (κ1) is 19.9. The second kappa shape index (κ2) is 8.57. The number of benzene rings is 2. The summed E-state index contributed by atoms with van der Waals surface area (Å²) in [6.07, 6.45) is 2.68. The molecule has 0 spiro atoms. The fourth-order valence-electron chi connectivity index (χ4n) is 4.15. The van der Waals surface area contributed by atoms with E-state index in [2.05, 4.69) is 22.8 Å². The van der Waals surface area contributed by atoms with Gasteiger partial charge in [0.05, 0.1) is 0 Å². The van der Waals surface area contributed by atoms with Crippen molar-refractivity contribution < 1.29 is 14.4 Å². The van der Waals surface area contributed by atoms with Gasteiger partial charge in [-0.05, 0) is 61.1 Å². The minimum absolute atomic E-state index is 0.0320. The predicted octanol–water partition coefficient (Wildman–Crippen LogP) is 2.51. The summed E-state index contributed by atoms with van der Waals surface area (Å²) < 4.78 is 0. The van der Waals surface area contributed by atoms with Crippen LogP contribution in [0.5, 0.6) is 0 Å². The molecule has 2 saturated heterocycles. The van der Waals surface area contributed by atoms with Gasteiger partial charge in [-0.3, -0.25) is 19.7 Å². The zero-order valence-corrected chi connectivity index (χ0v) is 16.8. The van der Waals surface area contributed by atoms with Crippen LogP contribution in [0.2, 0.25) is 0 Å². The van der Waals surface area contributed by atoms with Gasteiger partial charge in [0.25, 0.3) is 5.91 Å². The van der Waals surface area contributed by atoms with E-state index in [0.29, 0.717) is 43.1 Å². The summed E-state index contributed by atoms with van der Waals surface area (Å²) >= 11 is 0. The van der Waals surface area contributed by atoms with E-state index < -0.39 is 0 Å². The van der Waals surface area contributed by atoms with Crippen LogP contribution in [0.15, 0.2) is 48.5 Å². The lowest BCUT2D eigenvalue weighted by Crippen LogP contribution is -2.47. The Balaban J connectivity index is 1.32. The van der Waals surface area contributed by atoms with Gasteiger partial charge in [-0.1, -0.05) is 18.2 Å². The van der Waals surface area contributed by atoms with E-state index in [4.69, 9.17) is 5.73 Å². The van der Waals surface area contributed by atoms with Crippen molar-refractivity contribution in [2.24, 2.45) is 0 Å². The Morgan fingerprint density at radius 3 is 2.43 bits per heavy atom. The summed E-state index contributed by atoms with van der Waals surface area (Å²) in [7, 11) is 0. The van der Waals surface area contributed by atoms with E-state index in [1.54, 1.807) is 24.3 Å². The van der Waals surface area contributed by atoms with Crippen LogP contribution >= 0.6 is 0 Å². The minimum atomic E-state index is -0.380. The maximum absolute atomic E-state index is 12.7. The number of nitrogen functional groups attached to an aromatic ring is 1. The molecule has 2 heterocycles. The summed E-state index contributed by atoms with van der Waals surface area (Å²) in [6, 6.07) is 14.8. The highest BCUT2D eigenvalue weighted by atomic mass is 16.2. The Morgan fingerprint density at radius 2 is 1.77 bits per heavy atom. The monoisotopic (exact) mass is 406 g/mol. The lowest BCUT2D eigenvalue weighted by Gasteiger charge is -2.32. The first-order chi connectivity index (χ1) is 14.5. The largest absolute Gasteiger partial charge is 0.399 e. The Morgan fingerprint density at radius 1 is 1.03 bits per heavy atom. The van der Waals surface area contributed by atoms with E-state index in [1.807, 2.05) is 17.0 Å². The standard InChI is InChI=1S/C23H26N4O3/c24-18-3-1-2-17(14-18)23(30)27-12-10-16(11-13-27)15-4-6-19(7-5-15)25-20-8-9-21(28)26-22(20)29/h1-7,14,16,20,25H,8-13,24H2,(H,26,28,29). The van der Waals surface area contributed by atoms with E-state index in [9.17, 15) is 14.4 Å². The van der Waals surface area contributed by atoms with Crippen LogP contribution in [0, 0.1) is 0 Å². The lowest BCUT2D eigenvalue weighted by atomic mass is 9.89. The molecule has 1 atom stereocenters. The number of nitrogens with two attached hydrogens (primary N) is 1.